The van der Waals surface area contributed by atoms with Gasteiger partial charge in [-0.15, -0.1) is 0 Å². The first-order valence-electron chi connectivity index (χ1n) is 11.7. The minimum absolute atomic E-state index is 0.305. The van der Waals surface area contributed by atoms with E-state index in [9.17, 15) is 5.11 Å². The monoisotopic (exact) mass is 400 g/mol. The summed E-state index contributed by atoms with van der Waals surface area (Å²) in [6, 6.07) is 9.12. The predicted octanol–water partition coefficient (Wildman–Crippen LogP) is 5.13. The second kappa shape index (κ2) is 6.77. The molecule has 0 amide bonds. The average molecular weight is 401 g/mol. The highest BCUT2D eigenvalue weighted by molar-refractivity contribution is 5.82. The van der Waals surface area contributed by atoms with Crippen molar-refractivity contribution in [3.05, 3.63) is 65.5 Å². The topological polar surface area (TPSA) is 45.1 Å². The maximum absolute atomic E-state index is 11.3. The van der Waals surface area contributed by atoms with Gasteiger partial charge < -0.3 is 10.4 Å². The van der Waals surface area contributed by atoms with Crippen molar-refractivity contribution in [2.45, 2.75) is 57.0 Å². The van der Waals surface area contributed by atoms with Crippen LogP contribution in [-0.4, -0.2) is 28.8 Å². The van der Waals surface area contributed by atoms with Gasteiger partial charge in [0, 0.05) is 24.3 Å². The molecule has 4 unspecified atom stereocenters. The summed E-state index contributed by atoms with van der Waals surface area (Å²) in [6.07, 6.45) is 15.5. The first-order chi connectivity index (χ1) is 14.6. The summed E-state index contributed by atoms with van der Waals surface area (Å²) in [7, 11) is 0. The lowest BCUT2D eigenvalue weighted by Gasteiger charge is -2.44. The molecule has 3 heteroatoms. The Hall–Kier alpha value is -1.97. The molecular formula is C27H32N2O. The third-order valence-corrected chi connectivity index (χ3v) is 8.96. The molecule has 2 heterocycles. The lowest BCUT2D eigenvalue weighted by molar-refractivity contribution is 0.0453. The molecule has 0 radical (unpaired) electrons. The molecule has 156 valence electrons. The summed E-state index contributed by atoms with van der Waals surface area (Å²) in [5.41, 5.74) is 3.96. The number of rotatable bonds is 1. The Kier molecular flexibility index (Phi) is 4.23. The Labute approximate surface area is 179 Å². The van der Waals surface area contributed by atoms with Gasteiger partial charge in [0.05, 0.1) is 5.60 Å². The summed E-state index contributed by atoms with van der Waals surface area (Å²) >= 11 is 0. The maximum Gasteiger partial charge on any atom is 0.0984 e. The van der Waals surface area contributed by atoms with Gasteiger partial charge in [-0.2, -0.15) is 0 Å². The molecule has 1 aromatic carbocycles. The number of aromatic nitrogens is 1. The first-order valence-corrected chi connectivity index (χ1v) is 11.7. The normalized spacial score (nSPS) is 38.1. The van der Waals surface area contributed by atoms with Crippen molar-refractivity contribution in [1.82, 2.24) is 10.3 Å². The fourth-order valence-electron chi connectivity index (χ4n) is 7.26. The van der Waals surface area contributed by atoms with Crippen LogP contribution in [0.5, 0.6) is 0 Å². The predicted molar refractivity (Wildman–Crippen MR) is 121 cm³/mol. The van der Waals surface area contributed by atoms with Crippen molar-refractivity contribution in [2.75, 3.05) is 13.1 Å². The van der Waals surface area contributed by atoms with Crippen LogP contribution < -0.4 is 5.32 Å². The molecule has 30 heavy (non-hydrogen) atoms. The number of nitrogens with one attached hydrogen (secondary N) is 1. The number of fused-ring (bicyclic) bond motifs is 5. The molecule has 2 N–H and O–H groups in total. The molecular weight excluding hydrogens is 368 g/mol. The molecule has 0 bridgehead atoms. The van der Waals surface area contributed by atoms with Crippen LogP contribution in [0, 0.1) is 17.3 Å². The van der Waals surface area contributed by atoms with Crippen LogP contribution in [0.3, 0.4) is 0 Å². The summed E-state index contributed by atoms with van der Waals surface area (Å²) in [6.45, 7) is 4.25. The van der Waals surface area contributed by atoms with Crippen LogP contribution >= 0.6 is 0 Å². The number of benzene rings is 1. The van der Waals surface area contributed by atoms with Crippen molar-refractivity contribution in [3.63, 3.8) is 0 Å². The van der Waals surface area contributed by atoms with Gasteiger partial charge in [0.2, 0.25) is 0 Å². The van der Waals surface area contributed by atoms with Gasteiger partial charge in [-0.3, -0.25) is 4.98 Å². The van der Waals surface area contributed by atoms with E-state index in [1.807, 2.05) is 12.4 Å². The molecule has 1 aromatic heterocycles. The van der Waals surface area contributed by atoms with E-state index in [1.54, 1.807) is 0 Å². The van der Waals surface area contributed by atoms with E-state index in [1.165, 1.54) is 40.3 Å². The molecule has 3 aliphatic carbocycles. The van der Waals surface area contributed by atoms with E-state index in [2.05, 4.69) is 53.6 Å². The van der Waals surface area contributed by atoms with Gasteiger partial charge in [-0.05, 0) is 102 Å². The highest BCUT2D eigenvalue weighted by Gasteiger charge is 2.52. The number of piperidine rings is 1. The molecule has 5 atom stereocenters. The molecule has 3 nitrogen and oxygen atoms in total. The quantitative estimate of drug-likeness (QED) is 0.698. The Morgan fingerprint density at radius 3 is 3.00 bits per heavy atom. The van der Waals surface area contributed by atoms with E-state index in [-0.39, 0.29) is 0 Å². The fraction of sp³-hybridized carbons (Fsp3) is 0.519. The van der Waals surface area contributed by atoms with Crippen LogP contribution in [0.4, 0.5) is 0 Å². The van der Waals surface area contributed by atoms with Gasteiger partial charge in [0.15, 0.2) is 0 Å². The van der Waals surface area contributed by atoms with E-state index in [0.717, 1.165) is 32.2 Å². The van der Waals surface area contributed by atoms with E-state index >= 15 is 0 Å². The van der Waals surface area contributed by atoms with E-state index in [4.69, 9.17) is 0 Å². The smallest absolute Gasteiger partial charge is 0.0984 e. The van der Waals surface area contributed by atoms with Crippen molar-refractivity contribution in [3.8, 4) is 0 Å². The second-order valence-electron chi connectivity index (χ2n) is 10.4. The number of β-amino-alcohol motifs (C(OH)–C–C–N with tert-alkyl or cyclic N) is 1. The molecule has 4 aliphatic rings. The largest absolute Gasteiger partial charge is 0.384 e. The number of allylic oxidation sites excluding steroid dienone is 3. The van der Waals surface area contributed by atoms with Crippen LogP contribution in [0.25, 0.3) is 10.8 Å². The van der Waals surface area contributed by atoms with Gasteiger partial charge in [0.25, 0.3) is 0 Å². The number of nitrogens with zero attached hydrogens (tertiary/aromatic N) is 1. The SMILES string of the molecule is CC12CC=C3C=C4CCNC[C@]4(O)CCC3C1CCC2c1ccc2ccncc2c1. The highest BCUT2D eigenvalue weighted by atomic mass is 16.3. The van der Waals surface area contributed by atoms with Gasteiger partial charge in [-0.1, -0.05) is 31.2 Å². The Bertz CT molecular complexity index is 1060. The zero-order valence-electron chi connectivity index (χ0n) is 17.9. The standard InChI is InChI=1S/C27H32N2O/c1-26-10-6-19-15-22-9-13-29-17-27(22,30)11-7-23(19)25(26)5-4-24(26)20-3-2-18-8-12-28-16-21(18)14-20/h2-3,6,8,12,14-16,23-25,29-30H,4-5,7,9-11,13,17H2,1H3/t23?,24?,25?,26?,27-/m1/s1. The Balaban J connectivity index is 1.35. The Morgan fingerprint density at radius 1 is 1.13 bits per heavy atom. The molecule has 1 aliphatic heterocycles. The molecule has 6 rings (SSSR count). The fourth-order valence-corrected chi connectivity index (χ4v) is 7.26. The number of aliphatic hydroxyl groups is 1. The molecule has 2 fully saturated rings. The Morgan fingerprint density at radius 2 is 2.07 bits per heavy atom. The number of pyridine rings is 1. The van der Waals surface area contributed by atoms with Crippen molar-refractivity contribution >= 4 is 10.8 Å². The second-order valence-corrected chi connectivity index (χ2v) is 10.4. The van der Waals surface area contributed by atoms with Crippen LogP contribution in [0.1, 0.15) is 56.9 Å². The number of hydrogen-bond donors (Lipinski definition) is 2. The van der Waals surface area contributed by atoms with E-state index < -0.39 is 5.60 Å². The van der Waals surface area contributed by atoms with Crippen LogP contribution in [0.15, 0.2) is 60.0 Å². The third kappa shape index (κ3) is 2.75. The first kappa shape index (κ1) is 18.8. The summed E-state index contributed by atoms with van der Waals surface area (Å²) in [5.74, 6) is 1.91. The van der Waals surface area contributed by atoms with E-state index in [0.29, 0.717) is 29.7 Å². The minimum atomic E-state index is -0.629. The zero-order chi connectivity index (χ0) is 20.3. The zero-order valence-corrected chi connectivity index (χ0v) is 17.9. The molecule has 1 saturated carbocycles. The summed E-state index contributed by atoms with van der Waals surface area (Å²) in [5, 5.41) is 17.2. The molecule has 2 aromatic rings. The van der Waals surface area contributed by atoms with Gasteiger partial charge in [-0.25, -0.2) is 0 Å². The van der Waals surface area contributed by atoms with Crippen LogP contribution in [-0.2, 0) is 0 Å². The van der Waals surface area contributed by atoms with Crippen molar-refractivity contribution < 1.29 is 5.11 Å². The maximum atomic E-state index is 11.3. The summed E-state index contributed by atoms with van der Waals surface area (Å²) < 4.78 is 0. The number of hydrogen-bond acceptors (Lipinski definition) is 3. The van der Waals surface area contributed by atoms with Crippen LogP contribution in [0.2, 0.25) is 0 Å². The highest BCUT2D eigenvalue weighted by Crippen LogP contribution is 2.62. The average Bonchev–Trinajstić information content (AvgIpc) is 3.03. The molecule has 0 spiro atoms. The van der Waals surface area contributed by atoms with Gasteiger partial charge in [0.1, 0.15) is 0 Å². The molecule has 1 saturated heterocycles. The summed E-state index contributed by atoms with van der Waals surface area (Å²) in [4.78, 5) is 4.34. The van der Waals surface area contributed by atoms with Crippen molar-refractivity contribution in [1.29, 1.82) is 0 Å². The minimum Gasteiger partial charge on any atom is -0.384 e. The lowest BCUT2D eigenvalue weighted by Crippen LogP contribution is -2.47. The van der Waals surface area contributed by atoms with Gasteiger partial charge >= 0.3 is 0 Å². The lowest BCUT2D eigenvalue weighted by atomic mass is 9.60. The third-order valence-electron chi connectivity index (χ3n) is 8.96. The van der Waals surface area contributed by atoms with Crippen molar-refractivity contribution in [2.24, 2.45) is 17.3 Å².